The van der Waals surface area contributed by atoms with Crippen LogP contribution in [0.15, 0.2) is 0 Å². The van der Waals surface area contributed by atoms with Crippen LogP contribution in [0.2, 0.25) is 0 Å². The molecule has 1 aliphatic carbocycles. The molecule has 2 N–H and O–H groups in total. The first-order valence-corrected chi connectivity index (χ1v) is 4.19. The lowest BCUT2D eigenvalue weighted by Crippen LogP contribution is -2.46. The number of carbonyl (C=O) groups excluding carboxylic acids is 1. The maximum absolute atomic E-state index is 11.3. The molecule has 1 aliphatic heterocycles. The van der Waals surface area contributed by atoms with Gasteiger partial charge in [0.25, 0.3) is 0 Å². The summed E-state index contributed by atoms with van der Waals surface area (Å²) in [6, 6.07) is 0.0220. The van der Waals surface area contributed by atoms with E-state index in [1.54, 1.807) is 0 Å². The Bertz CT molecular complexity index is 187. The molecule has 1 saturated carbocycles. The Labute approximate surface area is 65.8 Å². The minimum Gasteiger partial charge on any atom is -0.394 e. The molecule has 3 nitrogen and oxygen atoms in total. The number of aliphatic hydroxyl groups is 1. The van der Waals surface area contributed by atoms with E-state index >= 15 is 0 Å². The van der Waals surface area contributed by atoms with Crippen LogP contribution < -0.4 is 5.32 Å². The summed E-state index contributed by atoms with van der Waals surface area (Å²) in [4.78, 5) is 11.3. The smallest absolute Gasteiger partial charge is 0.226 e. The standard InChI is InChI=1S/C8H13NO2/c10-5-6-1-2-8(3-4-8)7(11)9-6/h6,10H,1-5H2,(H,9,11)/t6-/m0/s1. The molecule has 1 spiro atoms. The predicted molar refractivity (Wildman–Crippen MR) is 39.9 cm³/mol. The van der Waals surface area contributed by atoms with Crippen molar-refractivity contribution in [1.82, 2.24) is 5.32 Å². The lowest BCUT2D eigenvalue weighted by atomic mass is 9.91. The molecule has 62 valence electrons. The Morgan fingerprint density at radius 1 is 1.55 bits per heavy atom. The van der Waals surface area contributed by atoms with Gasteiger partial charge in [0.1, 0.15) is 0 Å². The zero-order valence-electron chi connectivity index (χ0n) is 6.47. The number of hydrogen-bond acceptors (Lipinski definition) is 2. The topological polar surface area (TPSA) is 49.3 Å². The van der Waals surface area contributed by atoms with Gasteiger partial charge in [-0.05, 0) is 25.7 Å². The summed E-state index contributed by atoms with van der Waals surface area (Å²) < 4.78 is 0. The summed E-state index contributed by atoms with van der Waals surface area (Å²) in [6.07, 6.45) is 4.03. The van der Waals surface area contributed by atoms with Crippen molar-refractivity contribution in [3.63, 3.8) is 0 Å². The van der Waals surface area contributed by atoms with Gasteiger partial charge >= 0.3 is 0 Å². The number of amides is 1. The zero-order chi connectivity index (χ0) is 7.90. The molecular weight excluding hydrogens is 142 g/mol. The Kier molecular flexibility index (Phi) is 1.42. The van der Waals surface area contributed by atoms with Gasteiger partial charge in [-0.1, -0.05) is 0 Å². The van der Waals surface area contributed by atoms with Gasteiger partial charge in [0.05, 0.1) is 12.6 Å². The Morgan fingerprint density at radius 3 is 2.73 bits per heavy atom. The molecule has 0 radical (unpaired) electrons. The third kappa shape index (κ3) is 1.03. The van der Waals surface area contributed by atoms with Gasteiger partial charge in [-0.15, -0.1) is 0 Å². The van der Waals surface area contributed by atoms with Crippen LogP contribution in [0.5, 0.6) is 0 Å². The van der Waals surface area contributed by atoms with Crippen molar-refractivity contribution >= 4 is 5.91 Å². The largest absolute Gasteiger partial charge is 0.394 e. The third-order valence-corrected chi connectivity index (χ3v) is 2.86. The molecule has 1 atom stereocenters. The highest BCUT2D eigenvalue weighted by molar-refractivity contribution is 5.86. The van der Waals surface area contributed by atoms with Crippen molar-refractivity contribution < 1.29 is 9.90 Å². The third-order valence-electron chi connectivity index (χ3n) is 2.86. The number of hydrogen-bond donors (Lipinski definition) is 2. The van der Waals surface area contributed by atoms with Crippen LogP contribution in [0.4, 0.5) is 0 Å². The molecule has 0 bridgehead atoms. The molecule has 0 aromatic heterocycles. The predicted octanol–water partition coefficient (Wildman–Crippen LogP) is 0.0375. The van der Waals surface area contributed by atoms with Gasteiger partial charge in [0.15, 0.2) is 0 Å². The van der Waals surface area contributed by atoms with Crippen LogP contribution in [0, 0.1) is 5.41 Å². The molecule has 2 rings (SSSR count). The van der Waals surface area contributed by atoms with Crippen molar-refractivity contribution in [2.45, 2.75) is 31.7 Å². The van der Waals surface area contributed by atoms with Gasteiger partial charge in [-0.25, -0.2) is 0 Å². The average Bonchev–Trinajstić information content (AvgIpc) is 2.77. The lowest BCUT2D eigenvalue weighted by Gasteiger charge is -2.27. The highest BCUT2D eigenvalue weighted by Crippen LogP contribution is 2.51. The van der Waals surface area contributed by atoms with Crippen molar-refractivity contribution in [3.8, 4) is 0 Å². The quantitative estimate of drug-likeness (QED) is 0.561. The van der Waals surface area contributed by atoms with Crippen molar-refractivity contribution in [3.05, 3.63) is 0 Å². The molecule has 1 amide bonds. The summed E-state index contributed by atoms with van der Waals surface area (Å²) >= 11 is 0. The molecule has 2 fully saturated rings. The van der Waals surface area contributed by atoms with E-state index in [0.29, 0.717) is 0 Å². The van der Waals surface area contributed by atoms with Crippen molar-refractivity contribution in [2.24, 2.45) is 5.41 Å². The summed E-state index contributed by atoms with van der Waals surface area (Å²) in [5.74, 6) is 0.169. The normalized spacial score (nSPS) is 33.5. The average molecular weight is 155 g/mol. The molecule has 0 aromatic carbocycles. The number of rotatable bonds is 1. The SMILES string of the molecule is O=C1N[C@H](CO)CCC12CC2. The van der Waals surface area contributed by atoms with Gasteiger partial charge in [-0.3, -0.25) is 4.79 Å². The van der Waals surface area contributed by atoms with E-state index in [4.69, 9.17) is 5.11 Å². The zero-order valence-corrected chi connectivity index (χ0v) is 6.47. The Morgan fingerprint density at radius 2 is 2.27 bits per heavy atom. The molecule has 2 aliphatic rings. The highest BCUT2D eigenvalue weighted by Gasteiger charge is 2.51. The number of carbonyl (C=O) groups is 1. The first kappa shape index (κ1) is 7.10. The number of aliphatic hydroxyl groups excluding tert-OH is 1. The number of nitrogens with one attached hydrogen (secondary N) is 1. The maximum atomic E-state index is 11.3. The molecule has 3 heteroatoms. The van der Waals surface area contributed by atoms with E-state index in [1.807, 2.05) is 0 Å². The first-order valence-electron chi connectivity index (χ1n) is 4.19. The Balaban J connectivity index is 2.00. The molecule has 11 heavy (non-hydrogen) atoms. The molecule has 0 unspecified atom stereocenters. The molecular formula is C8H13NO2. The molecule has 0 aromatic rings. The summed E-state index contributed by atoms with van der Waals surface area (Å²) in [7, 11) is 0. The van der Waals surface area contributed by atoms with Gasteiger partial charge in [-0.2, -0.15) is 0 Å². The minimum atomic E-state index is 0.00562. The second-order valence-corrected chi connectivity index (χ2v) is 3.67. The van der Waals surface area contributed by atoms with Crippen LogP contribution in [-0.2, 0) is 4.79 Å². The van der Waals surface area contributed by atoms with E-state index in [2.05, 4.69) is 5.32 Å². The van der Waals surface area contributed by atoms with Crippen LogP contribution in [-0.4, -0.2) is 23.7 Å². The Hall–Kier alpha value is -0.570. The van der Waals surface area contributed by atoms with Crippen LogP contribution in [0.1, 0.15) is 25.7 Å². The van der Waals surface area contributed by atoms with Crippen molar-refractivity contribution in [1.29, 1.82) is 0 Å². The summed E-state index contributed by atoms with van der Waals surface area (Å²) in [6.45, 7) is 0.0851. The van der Waals surface area contributed by atoms with E-state index in [0.717, 1.165) is 25.7 Å². The molecule has 1 heterocycles. The highest BCUT2D eigenvalue weighted by atomic mass is 16.3. The van der Waals surface area contributed by atoms with E-state index in [9.17, 15) is 4.79 Å². The number of piperidine rings is 1. The lowest BCUT2D eigenvalue weighted by molar-refractivity contribution is -0.129. The van der Waals surface area contributed by atoms with Gasteiger partial charge in [0.2, 0.25) is 5.91 Å². The van der Waals surface area contributed by atoms with E-state index < -0.39 is 0 Å². The van der Waals surface area contributed by atoms with Crippen LogP contribution >= 0.6 is 0 Å². The van der Waals surface area contributed by atoms with Crippen LogP contribution in [0.25, 0.3) is 0 Å². The van der Waals surface area contributed by atoms with Gasteiger partial charge < -0.3 is 10.4 Å². The van der Waals surface area contributed by atoms with Crippen molar-refractivity contribution in [2.75, 3.05) is 6.61 Å². The minimum absolute atomic E-state index is 0.00562. The molecule has 1 saturated heterocycles. The fourth-order valence-corrected chi connectivity index (χ4v) is 1.74. The monoisotopic (exact) mass is 155 g/mol. The fourth-order valence-electron chi connectivity index (χ4n) is 1.74. The second kappa shape index (κ2) is 2.21. The summed E-state index contributed by atoms with van der Waals surface area (Å²) in [5, 5.41) is 11.6. The maximum Gasteiger partial charge on any atom is 0.226 e. The van der Waals surface area contributed by atoms with E-state index in [-0.39, 0.29) is 24.0 Å². The summed E-state index contributed by atoms with van der Waals surface area (Å²) in [5.41, 5.74) is 0.00562. The first-order chi connectivity index (χ1) is 5.27. The van der Waals surface area contributed by atoms with Crippen LogP contribution in [0.3, 0.4) is 0 Å². The van der Waals surface area contributed by atoms with E-state index in [1.165, 1.54) is 0 Å². The second-order valence-electron chi connectivity index (χ2n) is 3.67. The fraction of sp³-hybridized carbons (Fsp3) is 0.875. The van der Waals surface area contributed by atoms with Gasteiger partial charge in [0, 0.05) is 5.41 Å².